The largest absolute Gasteiger partial charge is 0.356 e. The first-order valence-corrected chi connectivity index (χ1v) is 9.25. The van der Waals surface area contributed by atoms with Crippen LogP contribution >= 0.6 is 24.0 Å². The Morgan fingerprint density at radius 1 is 1.15 bits per heavy atom. The molecule has 1 aromatic heterocycles. The first kappa shape index (κ1) is 23.2. The lowest BCUT2D eigenvalue weighted by Crippen LogP contribution is -2.47. The zero-order chi connectivity index (χ0) is 18.4. The summed E-state index contributed by atoms with van der Waals surface area (Å²) in [5, 5.41) is 11.3. The monoisotopic (exact) mass is 477 g/mol. The molecule has 0 spiro atoms. The molecule has 7 nitrogen and oxygen atoms in total. The van der Waals surface area contributed by atoms with E-state index in [-0.39, 0.29) is 24.0 Å². The third-order valence-electron chi connectivity index (χ3n) is 5.10. The van der Waals surface area contributed by atoms with Crippen LogP contribution in [0.4, 0.5) is 0 Å². The van der Waals surface area contributed by atoms with Crippen molar-refractivity contribution in [1.29, 1.82) is 0 Å². The van der Waals surface area contributed by atoms with Gasteiger partial charge in [0.05, 0.1) is 5.69 Å². The Morgan fingerprint density at radius 2 is 1.81 bits per heavy atom. The molecule has 2 N–H and O–H groups in total. The van der Waals surface area contributed by atoms with Gasteiger partial charge in [-0.1, -0.05) is 6.92 Å². The van der Waals surface area contributed by atoms with Crippen LogP contribution in [0.25, 0.3) is 0 Å². The van der Waals surface area contributed by atoms with E-state index < -0.39 is 0 Å². The van der Waals surface area contributed by atoms with E-state index in [9.17, 15) is 0 Å². The van der Waals surface area contributed by atoms with Crippen LogP contribution in [0.3, 0.4) is 0 Å². The second-order valence-corrected chi connectivity index (χ2v) is 7.29. The average Bonchev–Trinajstić information content (AvgIpc) is 2.82. The predicted octanol–water partition coefficient (Wildman–Crippen LogP) is 1.20. The average molecular weight is 477 g/mol. The van der Waals surface area contributed by atoms with E-state index in [1.165, 1.54) is 37.4 Å². The minimum absolute atomic E-state index is 0. The Bertz CT molecular complexity index is 576. The SMILES string of the molecule is CN=C(NCc1c(C)nn(C)c1C)NCC(C)CN1CCN(C)CC1.I. The molecule has 1 fully saturated rings. The zero-order valence-corrected chi connectivity index (χ0v) is 19.5. The molecule has 1 aliphatic rings. The molecule has 0 amide bonds. The maximum atomic E-state index is 4.47. The molecule has 26 heavy (non-hydrogen) atoms. The van der Waals surface area contributed by atoms with Crippen molar-refractivity contribution in [2.75, 3.05) is 53.4 Å². The van der Waals surface area contributed by atoms with Crippen molar-refractivity contribution in [1.82, 2.24) is 30.2 Å². The molecular weight excluding hydrogens is 441 g/mol. The summed E-state index contributed by atoms with van der Waals surface area (Å²) in [7, 11) is 6.01. The van der Waals surface area contributed by atoms with Crippen LogP contribution in [-0.4, -0.2) is 78.9 Å². The highest BCUT2D eigenvalue weighted by molar-refractivity contribution is 14.0. The fraction of sp³-hybridized carbons (Fsp3) is 0.778. The molecule has 150 valence electrons. The topological polar surface area (TPSA) is 60.7 Å². The quantitative estimate of drug-likeness (QED) is 0.367. The smallest absolute Gasteiger partial charge is 0.191 e. The molecular formula is C18H36IN7. The van der Waals surface area contributed by atoms with Crippen molar-refractivity contribution in [3.63, 3.8) is 0 Å². The minimum Gasteiger partial charge on any atom is -0.356 e. The van der Waals surface area contributed by atoms with E-state index in [2.05, 4.69) is 58.3 Å². The highest BCUT2D eigenvalue weighted by atomic mass is 127. The first-order chi connectivity index (χ1) is 11.9. The number of guanidine groups is 1. The van der Waals surface area contributed by atoms with E-state index in [0.29, 0.717) is 5.92 Å². The van der Waals surface area contributed by atoms with Gasteiger partial charge < -0.3 is 20.4 Å². The number of hydrogen-bond donors (Lipinski definition) is 2. The van der Waals surface area contributed by atoms with E-state index in [1.54, 1.807) is 0 Å². The number of nitrogens with one attached hydrogen (secondary N) is 2. The number of piperazine rings is 1. The molecule has 2 rings (SSSR count). The van der Waals surface area contributed by atoms with Crippen molar-refractivity contribution in [2.45, 2.75) is 27.3 Å². The second kappa shape index (κ2) is 11.1. The highest BCUT2D eigenvalue weighted by Gasteiger charge is 2.16. The van der Waals surface area contributed by atoms with E-state index in [4.69, 9.17) is 0 Å². The van der Waals surface area contributed by atoms with Crippen molar-refractivity contribution < 1.29 is 0 Å². The van der Waals surface area contributed by atoms with Crippen LogP contribution in [0.2, 0.25) is 0 Å². The van der Waals surface area contributed by atoms with Gasteiger partial charge in [0.2, 0.25) is 0 Å². The van der Waals surface area contributed by atoms with Gasteiger partial charge in [-0.3, -0.25) is 9.67 Å². The summed E-state index contributed by atoms with van der Waals surface area (Å²) < 4.78 is 1.93. The predicted molar refractivity (Wildman–Crippen MR) is 119 cm³/mol. The van der Waals surface area contributed by atoms with Crippen LogP contribution in [0.15, 0.2) is 4.99 Å². The summed E-state index contributed by atoms with van der Waals surface area (Å²) in [6, 6.07) is 0. The molecule has 1 unspecified atom stereocenters. The van der Waals surface area contributed by atoms with Crippen LogP contribution in [0.5, 0.6) is 0 Å². The number of aromatic nitrogens is 2. The third-order valence-corrected chi connectivity index (χ3v) is 5.10. The zero-order valence-electron chi connectivity index (χ0n) is 17.2. The summed E-state index contributed by atoms with van der Waals surface area (Å²) >= 11 is 0. The lowest BCUT2D eigenvalue weighted by Gasteiger charge is -2.34. The number of nitrogens with zero attached hydrogens (tertiary/aromatic N) is 5. The third kappa shape index (κ3) is 6.70. The maximum absolute atomic E-state index is 4.47. The maximum Gasteiger partial charge on any atom is 0.191 e. The number of likely N-dealkylation sites (N-methyl/N-ethyl adjacent to an activating group) is 1. The van der Waals surface area contributed by atoms with Gasteiger partial charge in [0.15, 0.2) is 5.96 Å². The molecule has 0 aliphatic carbocycles. The first-order valence-electron chi connectivity index (χ1n) is 9.25. The lowest BCUT2D eigenvalue weighted by atomic mass is 10.1. The number of halogens is 1. The number of hydrogen-bond acceptors (Lipinski definition) is 4. The van der Waals surface area contributed by atoms with Gasteiger partial charge in [0, 0.05) is 71.2 Å². The number of aryl methyl sites for hydroxylation is 2. The van der Waals surface area contributed by atoms with Crippen LogP contribution in [0, 0.1) is 19.8 Å². The summed E-state index contributed by atoms with van der Waals surface area (Å²) in [6.45, 7) is 14.0. The van der Waals surface area contributed by atoms with Crippen molar-refractivity contribution >= 4 is 29.9 Å². The molecule has 1 atom stereocenters. The standard InChI is InChI=1S/C18H35N7.HI/c1-14(13-25-9-7-23(5)8-10-25)11-20-18(19-4)21-12-17-15(2)22-24(6)16(17)3;/h14H,7-13H2,1-6H3,(H2,19,20,21);1H. The Labute approximate surface area is 175 Å². The lowest BCUT2D eigenvalue weighted by molar-refractivity contribution is 0.139. The molecule has 0 aromatic carbocycles. The Morgan fingerprint density at radius 3 is 2.35 bits per heavy atom. The summed E-state index contributed by atoms with van der Waals surface area (Å²) in [4.78, 5) is 9.30. The Kier molecular flexibility index (Phi) is 9.88. The van der Waals surface area contributed by atoms with Gasteiger partial charge >= 0.3 is 0 Å². The minimum atomic E-state index is 0. The number of aliphatic imine (C=N–C) groups is 1. The molecule has 1 aromatic rings. The van der Waals surface area contributed by atoms with Gasteiger partial charge in [-0.25, -0.2) is 0 Å². The molecule has 0 radical (unpaired) electrons. The molecule has 1 saturated heterocycles. The fourth-order valence-corrected chi connectivity index (χ4v) is 3.27. The van der Waals surface area contributed by atoms with Gasteiger partial charge in [-0.2, -0.15) is 5.10 Å². The van der Waals surface area contributed by atoms with Gasteiger partial charge in [0.1, 0.15) is 0 Å². The van der Waals surface area contributed by atoms with E-state index in [0.717, 1.165) is 31.3 Å². The fourth-order valence-electron chi connectivity index (χ4n) is 3.27. The van der Waals surface area contributed by atoms with E-state index in [1.807, 2.05) is 18.8 Å². The van der Waals surface area contributed by atoms with Crippen LogP contribution < -0.4 is 10.6 Å². The Balaban J connectivity index is 0.00000338. The molecule has 0 saturated carbocycles. The number of rotatable bonds is 6. The molecule has 2 heterocycles. The molecule has 8 heteroatoms. The summed E-state index contributed by atoms with van der Waals surface area (Å²) in [6.07, 6.45) is 0. The van der Waals surface area contributed by atoms with Crippen LogP contribution in [0.1, 0.15) is 23.9 Å². The van der Waals surface area contributed by atoms with Crippen molar-refractivity contribution in [2.24, 2.45) is 18.0 Å². The van der Waals surface area contributed by atoms with Crippen molar-refractivity contribution in [3.05, 3.63) is 17.0 Å². The second-order valence-electron chi connectivity index (χ2n) is 7.29. The normalized spacial score (nSPS) is 17.7. The summed E-state index contributed by atoms with van der Waals surface area (Å²) in [5.41, 5.74) is 3.52. The Hall–Kier alpha value is -0.870. The highest BCUT2D eigenvalue weighted by Crippen LogP contribution is 2.11. The van der Waals surface area contributed by atoms with E-state index >= 15 is 0 Å². The molecule has 0 bridgehead atoms. The van der Waals surface area contributed by atoms with Gasteiger partial charge in [0.25, 0.3) is 0 Å². The molecule has 1 aliphatic heterocycles. The van der Waals surface area contributed by atoms with Gasteiger partial charge in [-0.05, 0) is 26.8 Å². The summed E-state index contributed by atoms with van der Waals surface area (Å²) in [5.74, 6) is 1.44. The van der Waals surface area contributed by atoms with Crippen molar-refractivity contribution in [3.8, 4) is 0 Å². The van der Waals surface area contributed by atoms with Crippen LogP contribution in [-0.2, 0) is 13.6 Å². The van der Waals surface area contributed by atoms with Gasteiger partial charge in [-0.15, -0.1) is 24.0 Å².